The third-order valence-corrected chi connectivity index (χ3v) is 7.84. The van der Waals surface area contributed by atoms with Gasteiger partial charge in [0.05, 0.1) is 0 Å². The van der Waals surface area contributed by atoms with Crippen molar-refractivity contribution >= 4 is 0 Å². The van der Waals surface area contributed by atoms with Gasteiger partial charge >= 0.3 is 0 Å². The summed E-state index contributed by atoms with van der Waals surface area (Å²) in [6.07, 6.45) is 0.613. The van der Waals surface area contributed by atoms with Crippen LogP contribution in [-0.2, 0) is 6.42 Å². The number of hydrogen-bond donors (Lipinski definition) is 0. The lowest BCUT2D eigenvalue weighted by atomic mass is 9.76. The summed E-state index contributed by atoms with van der Waals surface area (Å²) < 4.78 is 55.5. The van der Waals surface area contributed by atoms with Crippen molar-refractivity contribution in [2.45, 2.75) is 39.0 Å². The zero-order valence-electron chi connectivity index (χ0n) is 22.7. The molecule has 0 unspecified atom stereocenters. The van der Waals surface area contributed by atoms with Gasteiger partial charge in [-0.2, -0.15) is 0 Å². The Morgan fingerprint density at radius 2 is 0.825 bits per heavy atom. The molecule has 0 aliphatic rings. The number of halogens is 4. The predicted molar refractivity (Wildman–Crippen MR) is 153 cm³/mol. The van der Waals surface area contributed by atoms with Gasteiger partial charge in [-0.15, -0.1) is 0 Å². The van der Waals surface area contributed by atoms with E-state index in [1.54, 1.807) is 48.5 Å². The number of aryl methyl sites for hydroxylation is 2. The van der Waals surface area contributed by atoms with Crippen molar-refractivity contribution in [3.8, 4) is 0 Å². The molecule has 5 rings (SSSR count). The normalized spacial score (nSPS) is 11.4. The van der Waals surface area contributed by atoms with Crippen molar-refractivity contribution in [2.75, 3.05) is 0 Å². The van der Waals surface area contributed by atoms with E-state index >= 15 is 0 Å². The van der Waals surface area contributed by atoms with Crippen molar-refractivity contribution in [1.82, 2.24) is 0 Å². The lowest BCUT2D eigenvalue weighted by Gasteiger charge is -2.28. The molecular formula is C36H30F4. The number of rotatable bonds is 7. The molecule has 5 aromatic carbocycles. The standard InChI is InChI=1S/C36H30F4/c1-22-20-23(2)35(36(27-8-16-31(39)17-9-27)28-10-18-32(40)19-11-28)24(3)33(22)21-34(25-4-12-29(37)13-5-25)26-6-14-30(38)15-7-26/h4-20,34,36H,21H2,1-3H3. The average Bonchev–Trinajstić information content (AvgIpc) is 2.94. The van der Waals surface area contributed by atoms with Crippen molar-refractivity contribution in [3.63, 3.8) is 0 Å². The first kappa shape index (κ1) is 27.4. The molecule has 0 radical (unpaired) electrons. The van der Waals surface area contributed by atoms with Crippen molar-refractivity contribution in [1.29, 1.82) is 0 Å². The van der Waals surface area contributed by atoms with E-state index in [1.807, 2.05) is 0 Å². The highest BCUT2D eigenvalue weighted by Crippen LogP contribution is 2.40. The second-order valence-corrected chi connectivity index (χ2v) is 10.4. The van der Waals surface area contributed by atoms with Crippen LogP contribution in [0.5, 0.6) is 0 Å². The van der Waals surface area contributed by atoms with E-state index in [2.05, 4.69) is 26.8 Å². The second-order valence-electron chi connectivity index (χ2n) is 10.4. The molecule has 0 aliphatic carbocycles. The van der Waals surface area contributed by atoms with E-state index in [-0.39, 0.29) is 35.1 Å². The lowest BCUT2D eigenvalue weighted by molar-refractivity contribution is 0.623. The zero-order chi connectivity index (χ0) is 28.4. The van der Waals surface area contributed by atoms with Gasteiger partial charge in [0.15, 0.2) is 0 Å². The van der Waals surface area contributed by atoms with Crippen molar-refractivity contribution in [2.24, 2.45) is 0 Å². The fourth-order valence-electron chi connectivity index (χ4n) is 5.86. The van der Waals surface area contributed by atoms with Crippen LogP contribution in [-0.4, -0.2) is 0 Å². The molecule has 0 amide bonds. The second kappa shape index (κ2) is 11.5. The van der Waals surface area contributed by atoms with Crippen molar-refractivity contribution < 1.29 is 17.6 Å². The highest BCUT2D eigenvalue weighted by molar-refractivity contribution is 5.54. The molecule has 0 saturated carbocycles. The average molecular weight is 539 g/mol. The Kier molecular flexibility index (Phi) is 7.88. The fourth-order valence-corrected chi connectivity index (χ4v) is 5.86. The predicted octanol–water partition coefficient (Wildman–Crippen LogP) is 9.72. The molecule has 0 bridgehead atoms. The minimum absolute atomic E-state index is 0.135. The molecule has 0 aromatic heterocycles. The zero-order valence-corrected chi connectivity index (χ0v) is 22.7. The summed E-state index contributed by atoms with van der Waals surface area (Å²) in [6.45, 7) is 6.24. The van der Waals surface area contributed by atoms with Crippen LogP contribution in [0.25, 0.3) is 0 Å². The van der Waals surface area contributed by atoms with Crippen LogP contribution < -0.4 is 0 Å². The highest BCUT2D eigenvalue weighted by Gasteiger charge is 2.25. The Balaban J connectivity index is 1.67. The van der Waals surface area contributed by atoms with Crippen LogP contribution in [0.3, 0.4) is 0 Å². The molecule has 0 saturated heterocycles. The maximum Gasteiger partial charge on any atom is 0.123 e. The first-order chi connectivity index (χ1) is 19.2. The minimum Gasteiger partial charge on any atom is -0.207 e. The summed E-state index contributed by atoms with van der Waals surface area (Å²) in [5.41, 5.74) is 9.17. The molecular weight excluding hydrogens is 508 g/mol. The Labute approximate surface area is 233 Å². The van der Waals surface area contributed by atoms with Crippen molar-refractivity contribution in [3.05, 3.63) is 176 Å². The summed E-state index contributed by atoms with van der Waals surface area (Å²) in [4.78, 5) is 0. The summed E-state index contributed by atoms with van der Waals surface area (Å²) >= 11 is 0. The van der Waals surface area contributed by atoms with E-state index in [1.165, 1.54) is 48.5 Å². The van der Waals surface area contributed by atoms with E-state index in [0.29, 0.717) is 6.42 Å². The Morgan fingerprint density at radius 3 is 1.20 bits per heavy atom. The van der Waals surface area contributed by atoms with E-state index < -0.39 is 0 Å². The van der Waals surface area contributed by atoms with Gasteiger partial charge < -0.3 is 0 Å². The van der Waals surface area contributed by atoms with Gasteiger partial charge in [-0.1, -0.05) is 54.6 Å². The molecule has 4 heteroatoms. The maximum absolute atomic E-state index is 13.9. The number of benzene rings is 5. The quantitative estimate of drug-likeness (QED) is 0.143. The largest absolute Gasteiger partial charge is 0.207 e. The van der Waals surface area contributed by atoms with Gasteiger partial charge in [0.2, 0.25) is 0 Å². The SMILES string of the molecule is Cc1cc(C)c(C(c2ccc(F)cc2)c2ccc(F)cc2)c(C)c1CC(c1ccc(F)cc1)c1ccc(F)cc1. The van der Waals surface area contributed by atoms with Crippen LogP contribution in [0.2, 0.25) is 0 Å². The fraction of sp³-hybridized carbons (Fsp3) is 0.167. The summed E-state index contributed by atoms with van der Waals surface area (Å²) in [6, 6.07) is 28.0. The lowest BCUT2D eigenvalue weighted by Crippen LogP contribution is -2.13. The van der Waals surface area contributed by atoms with Gasteiger partial charge in [-0.3, -0.25) is 0 Å². The van der Waals surface area contributed by atoms with Crippen LogP contribution in [0.4, 0.5) is 17.6 Å². The third-order valence-electron chi connectivity index (χ3n) is 7.84. The van der Waals surface area contributed by atoms with Crippen LogP contribution in [0.1, 0.15) is 61.9 Å². The topological polar surface area (TPSA) is 0 Å². The van der Waals surface area contributed by atoms with Gasteiger partial charge in [0.25, 0.3) is 0 Å². The smallest absolute Gasteiger partial charge is 0.123 e. The first-order valence-electron chi connectivity index (χ1n) is 13.3. The minimum atomic E-state index is -0.318. The first-order valence-corrected chi connectivity index (χ1v) is 13.3. The van der Waals surface area contributed by atoms with Gasteiger partial charge in [0, 0.05) is 11.8 Å². The third kappa shape index (κ3) is 5.72. The van der Waals surface area contributed by atoms with Gasteiger partial charge in [0.1, 0.15) is 23.3 Å². The summed E-state index contributed by atoms with van der Waals surface area (Å²) in [5, 5.41) is 0. The Bertz CT molecular complexity index is 1510. The molecule has 0 nitrogen and oxygen atoms in total. The van der Waals surface area contributed by atoms with Crippen LogP contribution in [0, 0.1) is 44.0 Å². The summed E-state index contributed by atoms with van der Waals surface area (Å²) in [7, 11) is 0. The Hall–Kier alpha value is -4.18. The molecule has 0 aliphatic heterocycles. The molecule has 0 N–H and O–H groups in total. The molecule has 0 heterocycles. The Morgan fingerprint density at radius 1 is 0.475 bits per heavy atom. The molecule has 5 aromatic rings. The van der Waals surface area contributed by atoms with Gasteiger partial charge in [-0.25, -0.2) is 17.6 Å². The van der Waals surface area contributed by atoms with E-state index in [4.69, 9.17) is 0 Å². The molecule has 202 valence electrons. The highest BCUT2D eigenvalue weighted by atomic mass is 19.1. The monoisotopic (exact) mass is 538 g/mol. The van der Waals surface area contributed by atoms with Gasteiger partial charge in [-0.05, 0) is 126 Å². The van der Waals surface area contributed by atoms with Crippen LogP contribution >= 0.6 is 0 Å². The molecule has 40 heavy (non-hydrogen) atoms. The maximum atomic E-state index is 13.9. The van der Waals surface area contributed by atoms with E-state index in [0.717, 1.165) is 50.1 Å². The van der Waals surface area contributed by atoms with E-state index in [9.17, 15) is 17.6 Å². The molecule has 0 fully saturated rings. The molecule has 0 atom stereocenters. The van der Waals surface area contributed by atoms with Crippen LogP contribution in [0.15, 0.2) is 103 Å². The number of hydrogen-bond acceptors (Lipinski definition) is 0. The summed E-state index contributed by atoms with van der Waals surface area (Å²) in [5.74, 6) is -1.64. The molecule has 0 spiro atoms.